The van der Waals surface area contributed by atoms with Gasteiger partial charge in [0.2, 0.25) is 11.8 Å². The lowest BCUT2D eigenvalue weighted by molar-refractivity contribution is -0.123. The van der Waals surface area contributed by atoms with Crippen molar-refractivity contribution < 1.29 is 39.1 Å². The van der Waals surface area contributed by atoms with E-state index in [9.17, 15) is 34.3 Å². The van der Waals surface area contributed by atoms with Crippen molar-refractivity contribution in [3.63, 3.8) is 0 Å². The second-order valence-corrected chi connectivity index (χ2v) is 10.9. The summed E-state index contributed by atoms with van der Waals surface area (Å²) in [5, 5.41) is 29.6. The molecule has 1 heterocycles. The molecule has 9 nitrogen and oxygen atoms in total. The number of allylic oxidation sites excluding steroid dienone is 6. The molecule has 1 saturated heterocycles. The smallest absolute Gasteiger partial charge is 0.488 e. The Morgan fingerprint density at radius 1 is 1.02 bits per heavy atom. The van der Waals surface area contributed by atoms with Crippen LogP contribution in [0.5, 0.6) is 11.5 Å². The summed E-state index contributed by atoms with van der Waals surface area (Å²) in [7, 11) is -1.76. The fraction of sp³-hybridized carbons (Fsp3) is 0.290. The van der Waals surface area contributed by atoms with Gasteiger partial charge in [0.1, 0.15) is 0 Å². The molecule has 6 rings (SSSR count). The lowest BCUT2D eigenvalue weighted by Crippen LogP contribution is -2.40. The zero-order chi connectivity index (χ0) is 29.2. The first kappa shape index (κ1) is 26.9. The van der Waals surface area contributed by atoms with Crippen LogP contribution in [-0.4, -0.2) is 52.3 Å². The molecule has 0 saturated carbocycles. The van der Waals surface area contributed by atoms with Crippen molar-refractivity contribution in [1.29, 1.82) is 0 Å². The highest BCUT2D eigenvalue weighted by atomic mass is 16.5. The Kier molecular flexibility index (Phi) is 6.55. The topological polar surface area (TPSA) is 141 Å². The minimum absolute atomic E-state index is 0.0561. The van der Waals surface area contributed by atoms with Crippen molar-refractivity contribution in [3.05, 3.63) is 82.5 Å². The second kappa shape index (κ2) is 9.97. The van der Waals surface area contributed by atoms with Crippen LogP contribution in [0.1, 0.15) is 38.2 Å². The van der Waals surface area contributed by atoms with Gasteiger partial charge < -0.3 is 19.9 Å². The number of aromatic hydroxyl groups is 1. The first-order chi connectivity index (χ1) is 19.6. The molecule has 208 valence electrons. The fourth-order valence-corrected chi connectivity index (χ4v) is 6.80. The largest absolute Gasteiger partial charge is 0.504 e. The Balaban J connectivity index is 1.47. The van der Waals surface area contributed by atoms with Crippen LogP contribution in [0.4, 0.5) is 5.69 Å². The highest BCUT2D eigenvalue weighted by Crippen LogP contribution is 2.55. The molecule has 10 heteroatoms. The lowest BCUT2D eigenvalue weighted by atomic mass is 9.59. The number of fused-ring (bicyclic) bond motifs is 3. The van der Waals surface area contributed by atoms with Crippen molar-refractivity contribution in [2.45, 2.75) is 32.6 Å². The number of nitrogens with zero attached hydrogens (tertiary/aromatic N) is 1. The zero-order valence-electron chi connectivity index (χ0n) is 22.5. The molecule has 0 radical (unpaired) electrons. The molecule has 41 heavy (non-hydrogen) atoms. The van der Waals surface area contributed by atoms with Crippen molar-refractivity contribution in [3.8, 4) is 11.5 Å². The van der Waals surface area contributed by atoms with Gasteiger partial charge in [-0.3, -0.25) is 24.1 Å². The van der Waals surface area contributed by atoms with Crippen molar-refractivity contribution in [2.75, 3.05) is 11.5 Å². The molecule has 0 spiro atoms. The second-order valence-electron chi connectivity index (χ2n) is 10.9. The molecule has 2 aromatic carbocycles. The molecular weight excluding hydrogens is 525 g/mol. The number of carbonyl (C=O) groups excluding carboxylic acids is 4. The van der Waals surface area contributed by atoms with Crippen LogP contribution < -0.4 is 15.1 Å². The zero-order valence-corrected chi connectivity index (χ0v) is 22.5. The predicted octanol–water partition coefficient (Wildman–Crippen LogP) is 2.10. The molecule has 1 aliphatic heterocycles. The minimum atomic E-state index is -1.76. The third kappa shape index (κ3) is 4.17. The summed E-state index contributed by atoms with van der Waals surface area (Å²) in [4.78, 5) is 55.6. The molecule has 2 aromatic rings. The SMILES string of the molecule is CCOc1cc([C@H]2C3=CC[C@@H]4C(=O)N(c5cccc(B(O)O)c5)C(=O)[C@@H]4[C@@H]3CC3=C2C(=O)C(C)=CC3=O)ccc1O. The summed E-state index contributed by atoms with van der Waals surface area (Å²) in [6.45, 7) is 3.70. The Hall–Kier alpha value is -4.28. The van der Waals surface area contributed by atoms with Crippen LogP contribution >= 0.6 is 0 Å². The number of hydrogen-bond acceptors (Lipinski definition) is 8. The van der Waals surface area contributed by atoms with Gasteiger partial charge in [0.15, 0.2) is 23.1 Å². The number of phenolic OH excluding ortho intramolecular Hbond substituents is 1. The van der Waals surface area contributed by atoms with Crippen LogP contribution in [0.2, 0.25) is 0 Å². The summed E-state index contributed by atoms with van der Waals surface area (Å²) in [5.41, 5.74) is 2.86. The van der Waals surface area contributed by atoms with E-state index >= 15 is 0 Å². The van der Waals surface area contributed by atoms with E-state index in [1.165, 1.54) is 24.3 Å². The van der Waals surface area contributed by atoms with Crippen LogP contribution in [0.3, 0.4) is 0 Å². The van der Waals surface area contributed by atoms with E-state index in [0.717, 1.165) is 10.5 Å². The minimum Gasteiger partial charge on any atom is -0.504 e. The van der Waals surface area contributed by atoms with Gasteiger partial charge in [-0.05, 0) is 74.0 Å². The number of amides is 2. The number of phenols is 1. The highest BCUT2D eigenvalue weighted by Gasteiger charge is 2.56. The number of Topliss-reactive ketones (excluding diaryl/α,β-unsaturated/α-hetero) is 1. The number of ether oxygens (including phenoxy) is 1. The van der Waals surface area contributed by atoms with Gasteiger partial charge in [-0.15, -0.1) is 0 Å². The maximum atomic E-state index is 14.0. The van der Waals surface area contributed by atoms with E-state index in [1.54, 1.807) is 38.1 Å². The Morgan fingerprint density at radius 2 is 1.80 bits per heavy atom. The van der Waals surface area contributed by atoms with Gasteiger partial charge in [-0.1, -0.05) is 29.8 Å². The number of anilines is 1. The third-order valence-corrected chi connectivity index (χ3v) is 8.61. The number of benzene rings is 2. The van der Waals surface area contributed by atoms with Crippen molar-refractivity contribution in [1.82, 2.24) is 0 Å². The first-order valence-corrected chi connectivity index (χ1v) is 13.6. The average molecular weight is 553 g/mol. The number of rotatable bonds is 5. The van der Waals surface area contributed by atoms with Crippen LogP contribution in [-0.2, 0) is 19.2 Å². The maximum absolute atomic E-state index is 14.0. The molecule has 0 aromatic heterocycles. The van der Waals surface area contributed by atoms with E-state index in [0.29, 0.717) is 28.9 Å². The summed E-state index contributed by atoms with van der Waals surface area (Å²) in [6, 6.07) is 10.8. The lowest BCUT2D eigenvalue weighted by Gasteiger charge is -2.42. The monoisotopic (exact) mass is 553 g/mol. The molecule has 4 aliphatic rings. The van der Waals surface area contributed by atoms with Crippen molar-refractivity contribution >= 4 is 41.6 Å². The first-order valence-electron chi connectivity index (χ1n) is 13.6. The third-order valence-electron chi connectivity index (χ3n) is 8.61. The van der Waals surface area contributed by atoms with Crippen molar-refractivity contribution in [2.24, 2.45) is 17.8 Å². The summed E-state index contributed by atoms with van der Waals surface area (Å²) >= 11 is 0. The number of hydrogen-bond donors (Lipinski definition) is 3. The molecule has 1 fully saturated rings. The molecule has 2 amide bonds. The van der Waals surface area contributed by atoms with Gasteiger partial charge in [0.05, 0.1) is 24.1 Å². The van der Waals surface area contributed by atoms with E-state index in [4.69, 9.17) is 4.74 Å². The Morgan fingerprint density at radius 3 is 2.54 bits per heavy atom. The number of ketones is 2. The molecule has 4 atom stereocenters. The van der Waals surface area contributed by atoms with E-state index in [1.807, 2.05) is 6.08 Å². The van der Waals surface area contributed by atoms with Gasteiger partial charge in [0.25, 0.3) is 0 Å². The van der Waals surface area contributed by atoms with Crippen LogP contribution in [0.15, 0.2) is 76.9 Å². The predicted molar refractivity (Wildman–Crippen MR) is 149 cm³/mol. The Bertz CT molecular complexity index is 1620. The Labute approximate surface area is 236 Å². The molecule has 0 bridgehead atoms. The molecule has 0 unspecified atom stereocenters. The van der Waals surface area contributed by atoms with E-state index in [2.05, 4.69) is 0 Å². The van der Waals surface area contributed by atoms with Gasteiger partial charge >= 0.3 is 7.12 Å². The molecular formula is C31H28BNO8. The van der Waals surface area contributed by atoms with Gasteiger partial charge in [-0.2, -0.15) is 0 Å². The van der Waals surface area contributed by atoms with Crippen LogP contribution in [0, 0.1) is 17.8 Å². The van der Waals surface area contributed by atoms with Gasteiger partial charge in [0, 0.05) is 22.6 Å². The van der Waals surface area contributed by atoms with Gasteiger partial charge in [-0.25, -0.2) is 0 Å². The highest BCUT2D eigenvalue weighted by molar-refractivity contribution is 6.58. The normalized spacial score (nSPS) is 25.4. The number of imide groups is 1. The summed E-state index contributed by atoms with van der Waals surface area (Å²) < 4.78 is 5.61. The maximum Gasteiger partial charge on any atom is 0.488 e. The fourth-order valence-electron chi connectivity index (χ4n) is 6.80. The van der Waals surface area contributed by atoms with Crippen LogP contribution in [0.25, 0.3) is 0 Å². The van der Waals surface area contributed by atoms with E-state index in [-0.39, 0.29) is 53.0 Å². The standard InChI is InChI=1S/C31H28BNO8/c1-3-41-25-12-16(7-10-23(25)34)26-19-8-9-20-27(21(19)14-22-24(35)11-15(2)29(36)28(22)26)31(38)33(30(20)37)18-6-4-5-17(13-18)32(39)40/h4-8,10-13,20-21,26-27,34,39-40H,3,9,14H2,1-2H3/t20-,21+,26-,27-/m0/s1. The summed E-state index contributed by atoms with van der Waals surface area (Å²) in [5.74, 6) is -3.75. The average Bonchev–Trinajstić information content (AvgIpc) is 3.21. The quantitative estimate of drug-likeness (QED) is 0.221. The van der Waals surface area contributed by atoms with E-state index < -0.39 is 36.7 Å². The summed E-state index contributed by atoms with van der Waals surface area (Å²) in [6.07, 6.45) is 3.66. The molecule has 3 aliphatic carbocycles. The molecule has 3 N–H and O–H groups in total. The number of carbonyl (C=O) groups is 4.